The fourth-order valence-electron chi connectivity index (χ4n) is 3.42. The molecule has 3 rings (SSSR count). The molecule has 3 aromatic carbocycles. The lowest BCUT2D eigenvalue weighted by atomic mass is 10.1. The zero-order valence-corrected chi connectivity index (χ0v) is 21.6. The first-order valence-corrected chi connectivity index (χ1v) is 12.2. The van der Waals surface area contributed by atoms with E-state index in [4.69, 9.17) is 32.7 Å². The molecule has 0 spiro atoms. The Morgan fingerprint density at radius 1 is 0.857 bits per heavy atom. The molecule has 0 fully saturated rings. The molecule has 0 atom stereocenters. The summed E-state index contributed by atoms with van der Waals surface area (Å²) in [4.78, 5) is 24.4. The first-order chi connectivity index (χ1) is 16.6. The third kappa shape index (κ3) is 8.61. The van der Waals surface area contributed by atoms with Gasteiger partial charge in [0.05, 0.1) is 22.2 Å². The monoisotopic (exact) mass is 513 g/mol. The van der Waals surface area contributed by atoms with Crippen molar-refractivity contribution in [3.8, 4) is 5.75 Å². The van der Waals surface area contributed by atoms with E-state index in [1.54, 1.807) is 30.3 Å². The highest BCUT2D eigenvalue weighted by atomic mass is 35.5. The van der Waals surface area contributed by atoms with Gasteiger partial charge in [-0.3, -0.25) is 9.59 Å². The lowest BCUT2D eigenvalue weighted by Crippen LogP contribution is -2.23. The fraction of sp³-hybridized carbons (Fsp3) is 0.286. The number of carbonyl (C=O) groups is 2. The molecule has 0 saturated heterocycles. The van der Waals surface area contributed by atoms with E-state index in [2.05, 4.69) is 5.32 Å². The minimum absolute atomic E-state index is 0.0723. The maximum absolute atomic E-state index is 12.6. The van der Waals surface area contributed by atoms with Crippen LogP contribution in [-0.4, -0.2) is 17.5 Å². The zero-order chi connectivity index (χ0) is 25.4. The van der Waals surface area contributed by atoms with Gasteiger partial charge >= 0.3 is 11.9 Å². The first kappa shape index (κ1) is 26.6. The third-order valence-corrected chi connectivity index (χ3v) is 5.63. The maximum atomic E-state index is 12.6. The average Bonchev–Trinajstić information content (AvgIpc) is 2.77. The predicted molar refractivity (Wildman–Crippen MR) is 141 cm³/mol. The van der Waals surface area contributed by atoms with Gasteiger partial charge in [0, 0.05) is 12.1 Å². The molecule has 1 N–H and O–H groups in total. The topological polar surface area (TPSA) is 64.6 Å². The number of ether oxygens (including phenoxy) is 2. The summed E-state index contributed by atoms with van der Waals surface area (Å²) in [6.07, 6.45) is 1.86. The second-order valence-corrected chi connectivity index (χ2v) is 9.93. The summed E-state index contributed by atoms with van der Waals surface area (Å²) in [5.41, 5.74) is 2.64. The molecule has 0 bridgehead atoms. The van der Waals surface area contributed by atoms with Crippen molar-refractivity contribution in [2.45, 2.75) is 52.1 Å². The predicted octanol–water partition coefficient (Wildman–Crippen LogP) is 7.55. The highest BCUT2D eigenvalue weighted by Crippen LogP contribution is 2.33. The summed E-state index contributed by atoms with van der Waals surface area (Å²) in [6, 6.07) is 20.0. The Hall–Kier alpha value is -3.02. The molecule has 0 unspecified atom stereocenters. The minimum Gasteiger partial charge on any atom is -0.460 e. The first-order valence-electron chi connectivity index (χ1n) is 11.4. The van der Waals surface area contributed by atoms with Crippen molar-refractivity contribution in [2.24, 2.45) is 0 Å². The number of esters is 2. The standard InChI is InChI=1S/C28H29Cl2NO4/c1-28(2,3)35-25(32)13-6-8-19-14-16-21(17-15-19)34-26(33)18-20-9-4-5-12-24(20)31-27-22(29)10-7-11-23(27)30/h4-5,7,9-12,14-17,31H,6,8,13,18H2,1-3H3. The summed E-state index contributed by atoms with van der Waals surface area (Å²) < 4.78 is 10.9. The van der Waals surface area contributed by atoms with E-state index in [9.17, 15) is 9.59 Å². The maximum Gasteiger partial charge on any atom is 0.315 e. The molecule has 35 heavy (non-hydrogen) atoms. The smallest absolute Gasteiger partial charge is 0.315 e. The van der Waals surface area contributed by atoms with Crippen LogP contribution in [0.1, 0.15) is 44.7 Å². The van der Waals surface area contributed by atoms with Gasteiger partial charge in [0.1, 0.15) is 11.4 Å². The van der Waals surface area contributed by atoms with E-state index in [1.165, 1.54) is 0 Å². The van der Waals surface area contributed by atoms with Crippen LogP contribution in [-0.2, 0) is 27.2 Å². The van der Waals surface area contributed by atoms with Crippen LogP contribution in [0.4, 0.5) is 11.4 Å². The molecule has 5 nitrogen and oxygen atoms in total. The third-order valence-electron chi connectivity index (χ3n) is 5.00. The van der Waals surface area contributed by atoms with Gasteiger partial charge < -0.3 is 14.8 Å². The molecule has 0 aliphatic rings. The molecule has 0 amide bonds. The second kappa shape index (κ2) is 12.1. The molecular formula is C28H29Cl2NO4. The van der Waals surface area contributed by atoms with Gasteiger partial charge in [-0.25, -0.2) is 0 Å². The number of benzene rings is 3. The van der Waals surface area contributed by atoms with Gasteiger partial charge in [-0.05, 0) is 75.1 Å². The molecular weight excluding hydrogens is 485 g/mol. The number of rotatable bonds is 9. The van der Waals surface area contributed by atoms with E-state index < -0.39 is 5.60 Å². The molecule has 0 aromatic heterocycles. The highest BCUT2D eigenvalue weighted by molar-refractivity contribution is 6.39. The molecule has 7 heteroatoms. The van der Waals surface area contributed by atoms with Crippen molar-refractivity contribution in [1.29, 1.82) is 0 Å². The van der Waals surface area contributed by atoms with Gasteiger partial charge in [-0.15, -0.1) is 0 Å². The summed E-state index contributed by atoms with van der Waals surface area (Å²) in [5.74, 6) is -0.123. The summed E-state index contributed by atoms with van der Waals surface area (Å²) in [6.45, 7) is 5.57. The molecule has 3 aromatic rings. The number of carbonyl (C=O) groups excluding carboxylic acids is 2. The van der Waals surface area contributed by atoms with Crippen LogP contribution >= 0.6 is 23.2 Å². The van der Waals surface area contributed by atoms with Gasteiger partial charge in [0.25, 0.3) is 0 Å². The Kier molecular flexibility index (Phi) is 9.19. The summed E-state index contributed by atoms with van der Waals surface area (Å²) in [7, 11) is 0. The van der Waals surface area contributed by atoms with Crippen molar-refractivity contribution >= 4 is 46.5 Å². The quantitative estimate of drug-likeness (QED) is 0.236. The van der Waals surface area contributed by atoms with Gasteiger partial charge in [-0.1, -0.05) is 59.6 Å². The van der Waals surface area contributed by atoms with Crippen LogP contribution in [0, 0.1) is 0 Å². The Labute approximate surface area is 216 Å². The van der Waals surface area contributed by atoms with Gasteiger partial charge in [-0.2, -0.15) is 0 Å². The second-order valence-electron chi connectivity index (χ2n) is 9.11. The average molecular weight is 514 g/mol. The molecule has 184 valence electrons. The number of aryl methyl sites for hydroxylation is 1. The molecule has 0 radical (unpaired) electrons. The van der Waals surface area contributed by atoms with Crippen molar-refractivity contribution in [2.75, 3.05) is 5.32 Å². The summed E-state index contributed by atoms with van der Waals surface area (Å²) in [5, 5.41) is 4.20. The van der Waals surface area contributed by atoms with Crippen LogP contribution in [0.2, 0.25) is 10.0 Å². The normalized spacial score (nSPS) is 11.1. The number of para-hydroxylation sites is 2. The number of hydrogen-bond donors (Lipinski definition) is 1. The van der Waals surface area contributed by atoms with E-state index in [0.717, 1.165) is 23.2 Å². The molecule has 0 aliphatic heterocycles. The number of nitrogens with one attached hydrogen (secondary N) is 1. The Morgan fingerprint density at radius 2 is 1.51 bits per heavy atom. The van der Waals surface area contributed by atoms with Crippen LogP contribution in [0.3, 0.4) is 0 Å². The van der Waals surface area contributed by atoms with Gasteiger partial charge in [0.15, 0.2) is 0 Å². The van der Waals surface area contributed by atoms with Gasteiger partial charge in [0.2, 0.25) is 0 Å². The molecule has 0 saturated carbocycles. The summed E-state index contributed by atoms with van der Waals surface area (Å²) >= 11 is 12.5. The van der Waals surface area contributed by atoms with Crippen LogP contribution < -0.4 is 10.1 Å². The molecule has 0 heterocycles. The lowest BCUT2D eigenvalue weighted by Gasteiger charge is -2.19. The van der Waals surface area contributed by atoms with Crippen molar-refractivity contribution in [1.82, 2.24) is 0 Å². The Balaban J connectivity index is 1.54. The largest absolute Gasteiger partial charge is 0.460 e. The number of halogens is 2. The lowest BCUT2D eigenvalue weighted by molar-refractivity contribution is -0.154. The van der Waals surface area contributed by atoms with E-state index in [0.29, 0.717) is 34.3 Å². The van der Waals surface area contributed by atoms with E-state index >= 15 is 0 Å². The van der Waals surface area contributed by atoms with Crippen molar-refractivity contribution in [3.05, 3.63) is 87.9 Å². The van der Waals surface area contributed by atoms with Crippen molar-refractivity contribution < 1.29 is 19.1 Å². The fourth-order valence-corrected chi connectivity index (χ4v) is 3.92. The van der Waals surface area contributed by atoms with E-state index in [1.807, 2.05) is 57.2 Å². The van der Waals surface area contributed by atoms with Crippen LogP contribution in [0.15, 0.2) is 66.7 Å². The zero-order valence-electron chi connectivity index (χ0n) is 20.1. The van der Waals surface area contributed by atoms with E-state index in [-0.39, 0.29) is 18.4 Å². The molecule has 0 aliphatic carbocycles. The minimum atomic E-state index is -0.471. The van der Waals surface area contributed by atoms with Crippen LogP contribution in [0.5, 0.6) is 5.75 Å². The number of hydrogen-bond acceptors (Lipinski definition) is 5. The van der Waals surface area contributed by atoms with Crippen LogP contribution in [0.25, 0.3) is 0 Å². The number of anilines is 2. The Bertz CT molecular complexity index is 1150. The SMILES string of the molecule is CC(C)(C)OC(=O)CCCc1ccc(OC(=O)Cc2ccccc2Nc2c(Cl)cccc2Cl)cc1. The van der Waals surface area contributed by atoms with Crippen molar-refractivity contribution in [3.63, 3.8) is 0 Å². The highest BCUT2D eigenvalue weighted by Gasteiger charge is 2.16. The Morgan fingerprint density at radius 3 is 2.17 bits per heavy atom.